The highest BCUT2D eigenvalue weighted by Gasteiger charge is 2.45. The maximum absolute atomic E-state index is 11.8. The lowest BCUT2D eigenvalue weighted by molar-refractivity contribution is 0.262. The summed E-state index contributed by atoms with van der Waals surface area (Å²) in [5, 5.41) is 0.944. The number of allylic oxidation sites excluding steroid dienone is 1. The van der Waals surface area contributed by atoms with E-state index in [0.717, 1.165) is 36.5 Å². The fourth-order valence-corrected chi connectivity index (χ4v) is 6.10. The van der Waals surface area contributed by atoms with Crippen LogP contribution < -0.4 is 0 Å². The molecule has 2 aromatic rings. The van der Waals surface area contributed by atoms with Crippen molar-refractivity contribution in [1.29, 1.82) is 0 Å². The molecule has 156 valence electrons. The first-order valence-electron chi connectivity index (χ1n) is 11.6. The van der Waals surface area contributed by atoms with Crippen LogP contribution in [0.3, 0.4) is 0 Å². The molecule has 1 heterocycles. The third-order valence-corrected chi connectivity index (χ3v) is 7.88. The van der Waals surface area contributed by atoms with Gasteiger partial charge < -0.3 is 4.90 Å². The lowest BCUT2D eigenvalue weighted by Crippen LogP contribution is -2.34. The third-order valence-electron chi connectivity index (χ3n) is 7.55. The molecule has 3 atom stereocenters. The summed E-state index contributed by atoms with van der Waals surface area (Å²) >= 11 is 6.73. The van der Waals surface area contributed by atoms with Gasteiger partial charge in [0.1, 0.15) is 5.94 Å². The minimum Gasteiger partial charge on any atom is -0.362 e. The first kappa shape index (κ1) is 19.9. The van der Waals surface area contributed by atoms with Crippen LogP contribution in [-0.2, 0) is 4.79 Å². The number of nitrogens with zero attached hydrogens (tertiary/aromatic N) is 1. The first-order chi connectivity index (χ1) is 14.7. The van der Waals surface area contributed by atoms with E-state index in [2.05, 4.69) is 59.4 Å². The summed E-state index contributed by atoms with van der Waals surface area (Å²) in [5.74, 6) is 3.83. The van der Waals surface area contributed by atoms with E-state index in [9.17, 15) is 4.79 Å². The Balaban J connectivity index is 1.26. The fourth-order valence-electron chi connectivity index (χ4n) is 5.76. The molecule has 3 aliphatic rings. The van der Waals surface area contributed by atoms with Crippen LogP contribution in [0.1, 0.15) is 85.8 Å². The van der Waals surface area contributed by atoms with Crippen molar-refractivity contribution in [3.63, 3.8) is 0 Å². The Kier molecular flexibility index (Phi) is 5.72. The Morgan fingerprint density at radius 1 is 0.900 bits per heavy atom. The van der Waals surface area contributed by atoms with Gasteiger partial charge in [0, 0.05) is 29.9 Å². The van der Waals surface area contributed by atoms with Crippen molar-refractivity contribution in [2.45, 2.75) is 75.2 Å². The molecule has 0 radical (unpaired) electrons. The van der Waals surface area contributed by atoms with E-state index in [1.54, 1.807) is 0 Å². The molecule has 1 saturated heterocycles. The first-order valence-corrected chi connectivity index (χ1v) is 12.0. The van der Waals surface area contributed by atoms with Crippen molar-refractivity contribution in [3.05, 3.63) is 75.9 Å². The van der Waals surface area contributed by atoms with Crippen molar-refractivity contribution in [2.24, 2.45) is 0 Å². The number of rotatable bonds is 4. The van der Waals surface area contributed by atoms with Gasteiger partial charge in [-0.15, -0.1) is 0 Å². The number of halogens is 1. The van der Waals surface area contributed by atoms with Gasteiger partial charge in [0.05, 0.1) is 5.70 Å². The molecule has 30 heavy (non-hydrogen) atoms. The van der Waals surface area contributed by atoms with Gasteiger partial charge in [0.2, 0.25) is 0 Å². The molecule has 2 nitrogen and oxygen atoms in total. The van der Waals surface area contributed by atoms with E-state index in [4.69, 9.17) is 11.6 Å². The number of likely N-dealkylation sites (tertiary alicyclic amines) is 1. The molecule has 3 fully saturated rings. The van der Waals surface area contributed by atoms with Gasteiger partial charge in [0.15, 0.2) is 0 Å². The second kappa shape index (κ2) is 8.61. The molecule has 0 N–H and O–H groups in total. The molecule has 0 aromatic heterocycles. The summed E-state index contributed by atoms with van der Waals surface area (Å²) in [7, 11) is 0. The lowest BCUT2D eigenvalue weighted by atomic mass is 9.83. The molecule has 2 saturated carbocycles. The highest BCUT2D eigenvalue weighted by atomic mass is 35.5. The zero-order valence-corrected chi connectivity index (χ0v) is 18.3. The smallest absolute Gasteiger partial charge is 0.145 e. The third kappa shape index (κ3) is 3.96. The van der Waals surface area contributed by atoms with Crippen LogP contribution in [0, 0.1) is 0 Å². The summed E-state index contributed by atoms with van der Waals surface area (Å²) < 4.78 is 0. The molecular formula is C27H30ClNO. The maximum atomic E-state index is 11.8. The van der Waals surface area contributed by atoms with Crippen LogP contribution in [0.5, 0.6) is 0 Å². The topological polar surface area (TPSA) is 20.3 Å². The van der Waals surface area contributed by atoms with Crippen molar-refractivity contribution in [2.75, 3.05) is 6.54 Å². The van der Waals surface area contributed by atoms with Crippen LogP contribution in [0.15, 0.2) is 54.2 Å². The molecule has 3 unspecified atom stereocenters. The van der Waals surface area contributed by atoms with E-state index < -0.39 is 0 Å². The molecule has 5 rings (SSSR count). The van der Waals surface area contributed by atoms with Gasteiger partial charge in [-0.1, -0.05) is 73.3 Å². The van der Waals surface area contributed by atoms with E-state index in [1.807, 2.05) is 0 Å². The second-order valence-corrected chi connectivity index (χ2v) is 9.78. The average Bonchev–Trinajstić information content (AvgIpc) is 3.60. The normalized spacial score (nSPS) is 27.0. The molecule has 2 aliphatic carbocycles. The van der Waals surface area contributed by atoms with Gasteiger partial charge in [-0.3, -0.25) is 0 Å². The molecular weight excluding hydrogens is 390 g/mol. The number of benzene rings is 2. The molecule has 0 bridgehead atoms. The summed E-state index contributed by atoms with van der Waals surface area (Å²) in [6.07, 6.45) is 9.58. The SMILES string of the molecule is O=C=C1CC(c2ccccc2)CCN1C1CC1c1ccc(C2CCCCC2)c(Cl)c1. The van der Waals surface area contributed by atoms with Crippen molar-refractivity contribution in [1.82, 2.24) is 4.90 Å². The van der Waals surface area contributed by atoms with Gasteiger partial charge in [-0.25, -0.2) is 4.79 Å². The van der Waals surface area contributed by atoms with E-state index in [1.165, 1.54) is 48.8 Å². The van der Waals surface area contributed by atoms with Crippen LogP contribution >= 0.6 is 11.6 Å². The van der Waals surface area contributed by atoms with Crippen LogP contribution in [0.25, 0.3) is 0 Å². The predicted octanol–water partition coefficient (Wildman–Crippen LogP) is 6.84. The summed E-state index contributed by atoms with van der Waals surface area (Å²) in [4.78, 5) is 14.1. The highest BCUT2D eigenvalue weighted by molar-refractivity contribution is 6.31. The summed E-state index contributed by atoms with van der Waals surface area (Å²) in [6.45, 7) is 0.944. The predicted molar refractivity (Wildman–Crippen MR) is 123 cm³/mol. The average molecular weight is 420 g/mol. The zero-order chi connectivity index (χ0) is 20.5. The second-order valence-electron chi connectivity index (χ2n) is 9.37. The minimum absolute atomic E-state index is 0.426. The molecule has 0 spiro atoms. The van der Waals surface area contributed by atoms with Gasteiger partial charge in [-0.2, -0.15) is 0 Å². The van der Waals surface area contributed by atoms with E-state index in [-0.39, 0.29) is 0 Å². The Hall–Kier alpha value is -2.02. The maximum Gasteiger partial charge on any atom is 0.145 e. The molecule has 0 amide bonds. The number of hydrogen-bond donors (Lipinski definition) is 0. The number of carbonyl (C=O) groups excluding carboxylic acids is 1. The van der Waals surface area contributed by atoms with Crippen LogP contribution in [0.2, 0.25) is 5.02 Å². The molecule has 1 aliphatic heterocycles. The van der Waals surface area contributed by atoms with Gasteiger partial charge in [-0.05, 0) is 60.3 Å². The Labute approximate surface area is 184 Å². The van der Waals surface area contributed by atoms with Crippen LogP contribution in [0.4, 0.5) is 0 Å². The highest BCUT2D eigenvalue weighted by Crippen LogP contribution is 2.49. The van der Waals surface area contributed by atoms with Gasteiger partial charge >= 0.3 is 0 Å². The standard InChI is InChI=1S/C27H30ClNO/c28-26-16-22(11-12-24(26)20-9-5-2-6-10-20)25-17-27(25)29-14-13-21(15-23(29)18-30)19-7-3-1-4-8-19/h1,3-4,7-8,11-12,16,20-21,25,27H,2,5-6,9-10,13-15,17H2. The van der Waals surface area contributed by atoms with Crippen molar-refractivity contribution in [3.8, 4) is 0 Å². The Bertz CT molecular complexity index is 943. The fraction of sp³-hybridized carbons (Fsp3) is 0.481. The molecule has 3 heteroatoms. The number of hydrogen-bond acceptors (Lipinski definition) is 2. The van der Waals surface area contributed by atoms with Crippen molar-refractivity contribution < 1.29 is 4.79 Å². The zero-order valence-electron chi connectivity index (χ0n) is 17.5. The largest absolute Gasteiger partial charge is 0.362 e. The molecule has 2 aromatic carbocycles. The Morgan fingerprint density at radius 3 is 2.43 bits per heavy atom. The number of piperidine rings is 1. The quantitative estimate of drug-likeness (QED) is 0.505. The van der Waals surface area contributed by atoms with Crippen LogP contribution in [-0.4, -0.2) is 23.4 Å². The minimum atomic E-state index is 0.426. The monoisotopic (exact) mass is 419 g/mol. The van der Waals surface area contributed by atoms with E-state index >= 15 is 0 Å². The van der Waals surface area contributed by atoms with E-state index in [0.29, 0.717) is 23.8 Å². The lowest BCUT2D eigenvalue weighted by Gasteiger charge is -2.34. The summed E-state index contributed by atoms with van der Waals surface area (Å²) in [5.41, 5.74) is 4.87. The van der Waals surface area contributed by atoms with Crippen molar-refractivity contribution >= 4 is 17.5 Å². The Morgan fingerprint density at radius 2 is 1.70 bits per heavy atom. The summed E-state index contributed by atoms with van der Waals surface area (Å²) in [6, 6.07) is 17.8. The van der Waals surface area contributed by atoms with Gasteiger partial charge in [0.25, 0.3) is 0 Å².